The highest BCUT2D eigenvalue weighted by Gasteiger charge is 2.10. The summed E-state index contributed by atoms with van der Waals surface area (Å²) in [5, 5.41) is 14.8. The molecule has 0 saturated heterocycles. The lowest BCUT2D eigenvalue weighted by Crippen LogP contribution is -2.25. The molecule has 0 aliphatic rings. The summed E-state index contributed by atoms with van der Waals surface area (Å²) in [6.07, 6.45) is 0. The second kappa shape index (κ2) is 5.29. The van der Waals surface area contributed by atoms with E-state index in [9.17, 15) is 0 Å². The van der Waals surface area contributed by atoms with Crippen LogP contribution >= 0.6 is 0 Å². The number of nitrogens with zero attached hydrogens (tertiary/aromatic N) is 4. The third-order valence-corrected chi connectivity index (χ3v) is 3.41. The lowest BCUT2D eigenvalue weighted by molar-refractivity contribution is 0.674. The van der Waals surface area contributed by atoms with Gasteiger partial charge in [0.1, 0.15) is 5.82 Å². The SMILES string of the molecule is C=C(Nc1ccc2c(c1)nc(C)c1nnc(C)n12)NC(C)C. The fourth-order valence-electron chi connectivity index (χ4n) is 2.55. The highest BCUT2D eigenvalue weighted by atomic mass is 15.3. The van der Waals surface area contributed by atoms with Crippen LogP contribution in [0, 0.1) is 13.8 Å². The summed E-state index contributed by atoms with van der Waals surface area (Å²) in [5.41, 5.74) is 4.51. The molecule has 0 radical (unpaired) electrons. The lowest BCUT2D eigenvalue weighted by atomic mass is 10.2. The Bertz CT molecular complexity index is 862. The van der Waals surface area contributed by atoms with Crippen LogP contribution in [0.5, 0.6) is 0 Å². The van der Waals surface area contributed by atoms with Crippen LogP contribution in [0.2, 0.25) is 0 Å². The minimum atomic E-state index is 0.333. The van der Waals surface area contributed by atoms with E-state index in [-0.39, 0.29) is 0 Å². The second-order valence-electron chi connectivity index (χ2n) is 5.71. The van der Waals surface area contributed by atoms with Crippen molar-refractivity contribution in [1.82, 2.24) is 24.9 Å². The highest BCUT2D eigenvalue weighted by molar-refractivity contribution is 5.82. The molecule has 0 atom stereocenters. The summed E-state index contributed by atoms with van der Waals surface area (Å²) in [6, 6.07) is 6.37. The van der Waals surface area contributed by atoms with E-state index < -0.39 is 0 Å². The minimum absolute atomic E-state index is 0.333. The molecule has 3 aromatic rings. The predicted octanol–water partition coefficient (Wildman–Crippen LogP) is 2.78. The van der Waals surface area contributed by atoms with Crippen LogP contribution < -0.4 is 10.6 Å². The van der Waals surface area contributed by atoms with E-state index in [0.717, 1.165) is 39.7 Å². The van der Waals surface area contributed by atoms with Crippen LogP contribution in [0.4, 0.5) is 5.69 Å². The van der Waals surface area contributed by atoms with Crippen LogP contribution in [0.25, 0.3) is 16.7 Å². The maximum absolute atomic E-state index is 4.63. The molecule has 0 bridgehead atoms. The molecule has 0 amide bonds. The van der Waals surface area contributed by atoms with Gasteiger partial charge in [0.25, 0.3) is 0 Å². The number of rotatable bonds is 4. The molecule has 0 aliphatic heterocycles. The Morgan fingerprint density at radius 1 is 1.23 bits per heavy atom. The number of anilines is 1. The molecule has 2 heterocycles. The lowest BCUT2D eigenvalue weighted by Gasteiger charge is -2.15. The fourth-order valence-corrected chi connectivity index (χ4v) is 2.55. The average Bonchev–Trinajstić information content (AvgIpc) is 2.81. The van der Waals surface area contributed by atoms with Crippen molar-refractivity contribution in [2.75, 3.05) is 5.32 Å². The maximum atomic E-state index is 4.63. The van der Waals surface area contributed by atoms with Gasteiger partial charge in [-0.05, 0) is 45.9 Å². The normalized spacial score (nSPS) is 11.3. The zero-order chi connectivity index (χ0) is 15.9. The van der Waals surface area contributed by atoms with Gasteiger partial charge in [0.2, 0.25) is 0 Å². The van der Waals surface area contributed by atoms with Crippen molar-refractivity contribution in [1.29, 1.82) is 0 Å². The number of benzene rings is 1. The molecule has 0 unspecified atom stereocenters. The van der Waals surface area contributed by atoms with Crippen LogP contribution in [0.3, 0.4) is 0 Å². The Hall–Kier alpha value is -2.63. The summed E-state index contributed by atoms with van der Waals surface area (Å²) in [5.74, 6) is 1.63. The van der Waals surface area contributed by atoms with E-state index in [1.54, 1.807) is 0 Å². The average molecular weight is 296 g/mol. The van der Waals surface area contributed by atoms with Crippen molar-refractivity contribution in [3.05, 3.63) is 42.1 Å². The van der Waals surface area contributed by atoms with Gasteiger partial charge in [-0.3, -0.25) is 4.40 Å². The maximum Gasteiger partial charge on any atom is 0.182 e. The fraction of sp³-hybridized carbons (Fsp3) is 0.312. The molecule has 3 rings (SSSR count). The number of hydrogen-bond acceptors (Lipinski definition) is 5. The van der Waals surface area contributed by atoms with Gasteiger partial charge in [0.15, 0.2) is 5.65 Å². The highest BCUT2D eigenvalue weighted by Crippen LogP contribution is 2.21. The molecule has 6 heteroatoms. The first-order valence-corrected chi connectivity index (χ1v) is 7.30. The van der Waals surface area contributed by atoms with Gasteiger partial charge in [-0.25, -0.2) is 4.98 Å². The monoisotopic (exact) mass is 296 g/mol. The molecular formula is C16H20N6. The van der Waals surface area contributed by atoms with Gasteiger partial charge < -0.3 is 10.6 Å². The first-order chi connectivity index (χ1) is 10.5. The van der Waals surface area contributed by atoms with Crippen molar-refractivity contribution in [3.8, 4) is 0 Å². The molecule has 0 saturated carbocycles. The molecule has 6 nitrogen and oxygen atoms in total. The third-order valence-electron chi connectivity index (χ3n) is 3.41. The number of hydrogen-bond donors (Lipinski definition) is 2. The smallest absolute Gasteiger partial charge is 0.182 e. The van der Waals surface area contributed by atoms with Gasteiger partial charge in [0, 0.05) is 11.7 Å². The van der Waals surface area contributed by atoms with E-state index in [1.807, 2.05) is 36.4 Å². The van der Waals surface area contributed by atoms with E-state index >= 15 is 0 Å². The summed E-state index contributed by atoms with van der Waals surface area (Å²) < 4.78 is 2.03. The van der Waals surface area contributed by atoms with Gasteiger partial charge >= 0.3 is 0 Å². The van der Waals surface area contributed by atoms with Crippen molar-refractivity contribution >= 4 is 22.4 Å². The van der Waals surface area contributed by atoms with E-state index in [4.69, 9.17) is 0 Å². The molecule has 22 heavy (non-hydrogen) atoms. The molecule has 1 aromatic carbocycles. The van der Waals surface area contributed by atoms with Gasteiger partial charge in [-0.1, -0.05) is 6.58 Å². The topological polar surface area (TPSA) is 67.1 Å². The Balaban J connectivity index is 2.05. The first kappa shape index (κ1) is 14.3. The molecule has 0 spiro atoms. The Labute approximate surface area is 129 Å². The summed E-state index contributed by atoms with van der Waals surface area (Å²) in [7, 11) is 0. The van der Waals surface area contributed by atoms with Crippen LogP contribution in [-0.2, 0) is 0 Å². The molecule has 114 valence electrons. The Kier molecular flexibility index (Phi) is 3.44. The standard InChI is InChI=1S/C16H20N6/c1-9(2)17-11(4)19-13-6-7-15-14(8-13)18-10(3)16-21-20-12(5)22(15)16/h6-9,17,19H,4H2,1-3,5H3. The van der Waals surface area contributed by atoms with E-state index in [1.165, 1.54) is 0 Å². The molecule has 2 N–H and O–H groups in total. The molecule has 0 aliphatic carbocycles. The minimum Gasteiger partial charge on any atom is -0.370 e. The largest absolute Gasteiger partial charge is 0.370 e. The second-order valence-corrected chi connectivity index (χ2v) is 5.71. The molecular weight excluding hydrogens is 276 g/mol. The predicted molar refractivity (Wildman–Crippen MR) is 88.8 cm³/mol. The number of aromatic nitrogens is 4. The quantitative estimate of drug-likeness (QED) is 0.775. The Morgan fingerprint density at radius 3 is 2.73 bits per heavy atom. The van der Waals surface area contributed by atoms with Gasteiger partial charge in [-0.2, -0.15) is 0 Å². The number of nitrogens with one attached hydrogen (secondary N) is 2. The van der Waals surface area contributed by atoms with Crippen molar-refractivity contribution in [2.24, 2.45) is 0 Å². The summed E-state index contributed by atoms with van der Waals surface area (Å²) in [6.45, 7) is 12.0. The Morgan fingerprint density at radius 2 is 2.00 bits per heavy atom. The van der Waals surface area contributed by atoms with Crippen LogP contribution in [-0.4, -0.2) is 25.6 Å². The number of fused-ring (bicyclic) bond motifs is 3. The van der Waals surface area contributed by atoms with Crippen molar-refractivity contribution in [2.45, 2.75) is 33.7 Å². The summed E-state index contributed by atoms with van der Waals surface area (Å²) >= 11 is 0. The molecule has 0 fully saturated rings. The van der Waals surface area contributed by atoms with Gasteiger partial charge in [0.05, 0.1) is 22.5 Å². The zero-order valence-electron chi connectivity index (χ0n) is 13.3. The van der Waals surface area contributed by atoms with Crippen molar-refractivity contribution < 1.29 is 0 Å². The zero-order valence-corrected chi connectivity index (χ0v) is 13.3. The van der Waals surface area contributed by atoms with Gasteiger partial charge in [-0.15, -0.1) is 10.2 Å². The number of aryl methyl sites for hydroxylation is 2. The summed E-state index contributed by atoms with van der Waals surface area (Å²) in [4.78, 5) is 4.63. The van der Waals surface area contributed by atoms with Crippen LogP contribution in [0.15, 0.2) is 30.6 Å². The van der Waals surface area contributed by atoms with E-state index in [0.29, 0.717) is 6.04 Å². The molecule has 2 aromatic heterocycles. The first-order valence-electron chi connectivity index (χ1n) is 7.30. The van der Waals surface area contributed by atoms with Crippen molar-refractivity contribution in [3.63, 3.8) is 0 Å². The third kappa shape index (κ3) is 2.47. The van der Waals surface area contributed by atoms with E-state index in [2.05, 4.69) is 46.2 Å². The van der Waals surface area contributed by atoms with Crippen LogP contribution in [0.1, 0.15) is 25.4 Å².